The summed E-state index contributed by atoms with van der Waals surface area (Å²) in [6, 6.07) is 0. The van der Waals surface area contributed by atoms with E-state index in [9.17, 15) is 0 Å². The fourth-order valence-corrected chi connectivity index (χ4v) is 2.58. The first-order chi connectivity index (χ1) is 11.4. The molecule has 1 rings (SSSR count). The zero-order valence-corrected chi connectivity index (χ0v) is 17.3. The number of hydrogen-bond donors (Lipinski definition) is 0. The summed E-state index contributed by atoms with van der Waals surface area (Å²) in [4.78, 5) is 4.52. The summed E-state index contributed by atoms with van der Waals surface area (Å²) in [5.74, 6) is 0. The standard InChI is InChI=1S/C24H37N/c1-9-23(7,15-12-20-25-21(2,3)4)18-19-24(8)14-11-10-13-22(5,6)16-17-24/h9-17,20H,1,18-19H2,2-8H3/b13-10-,14-11-,15-12-,17-16-,25-20+. The van der Waals surface area contributed by atoms with Gasteiger partial charge in [0.05, 0.1) is 5.54 Å². The molecular weight excluding hydrogens is 302 g/mol. The predicted molar refractivity (Wildman–Crippen MR) is 114 cm³/mol. The first-order valence-corrected chi connectivity index (χ1v) is 9.33. The highest BCUT2D eigenvalue weighted by atomic mass is 14.8. The Bertz CT molecular complexity index is 592. The maximum atomic E-state index is 4.52. The van der Waals surface area contributed by atoms with Gasteiger partial charge in [0.25, 0.3) is 0 Å². The van der Waals surface area contributed by atoms with Gasteiger partial charge in [-0.25, -0.2) is 0 Å². The fraction of sp³-hybridized carbons (Fsp3) is 0.542. The van der Waals surface area contributed by atoms with Crippen LogP contribution in [0.4, 0.5) is 0 Å². The van der Waals surface area contributed by atoms with Crippen molar-refractivity contribution in [1.82, 2.24) is 0 Å². The average molecular weight is 340 g/mol. The molecule has 0 radical (unpaired) electrons. The van der Waals surface area contributed by atoms with E-state index < -0.39 is 0 Å². The molecule has 0 saturated heterocycles. The summed E-state index contributed by atoms with van der Waals surface area (Å²) in [6.45, 7) is 19.4. The SMILES string of the molecule is C=CC(C)(/C=C\C=N\C(C)(C)C)CCC1(C)/C=C\C=C/C(C)(C)/C=C\1. The van der Waals surface area contributed by atoms with Crippen LogP contribution in [0.5, 0.6) is 0 Å². The van der Waals surface area contributed by atoms with E-state index in [0.717, 1.165) is 12.8 Å². The smallest absolute Gasteiger partial charge is 0.0524 e. The van der Waals surface area contributed by atoms with E-state index in [1.54, 1.807) is 0 Å². The largest absolute Gasteiger partial charge is 0.287 e. The van der Waals surface area contributed by atoms with E-state index in [1.807, 2.05) is 6.21 Å². The molecule has 1 aliphatic rings. The maximum Gasteiger partial charge on any atom is 0.0524 e. The van der Waals surface area contributed by atoms with Gasteiger partial charge in [-0.1, -0.05) is 76.3 Å². The summed E-state index contributed by atoms with van der Waals surface area (Å²) >= 11 is 0. The molecule has 0 spiro atoms. The molecule has 2 atom stereocenters. The normalized spacial score (nSPS) is 29.7. The third-order valence-corrected chi connectivity index (χ3v) is 4.70. The van der Waals surface area contributed by atoms with Crippen molar-refractivity contribution >= 4 is 6.21 Å². The topological polar surface area (TPSA) is 12.4 Å². The number of nitrogens with zero attached hydrogens (tertiary/aromatic N) is 1. The highest BCUT2D eigenvalue weighted by Gasteiger charge is 2.25. The van der Waals surface area contributed by atoms with Gasteiger partial charge in [-0.05, 0) is 39.7 Å². The lowest BCUT2D eigenvalue weighted by Crippen LogP contribution is -2.18. The van der Waals surface area contributed by atoms with Gasteiger partial charge in [-0.15, -0.1) is 6.58 Å². The molecule has 0 aromatic heterocycles. The van der Waals surface area contributed by atoms with Crippen LogP contribution in [-0.2, 0) is 0 Å². The van der Waals surface area contributed by atoms with E-state index in [1.165, 1.54) is 0 Å². The van der Waals surface area contributed by atoms with Crippen LogP contribution in [0.1, 0.15) is 61.3 Å². The molecule has 1 aliphatic carbocycles. The lowest BCUT2D eigenvalue weighted by Gasteiger charge is -2.30. The Labute approximate surface area is 156 Å². The number of hydrogen-bond acceptors (Lipinski definition) is 1. The van der Waals surface area contributed by atoms with Crippen molar-refractivity contribution in [3.05, 3.63) is 61.3 Å². The van der Waals surface area contributed by atoms with E-state index in [2.05, 4.69) is 115 Å². The Balaban J connectivity index is 2.83. The van der Waals surface area contributed by atoms with Gasteiger partial charge in [-0.2, -0.15) is 0 Å². The van der Waals surface area contributed by atoms with Gasteiger partial charge in [0, 0.05) is 22.5 Å². The lowest BCUT2D eigenvalue weighted by molar-refractivity contribution is 0.385. The van der Waals surface area contributed by atoms with Crippen molar-refractivity contribution in [2.24, 2.45) is 21.2 Å². The minimum Gasteiger partial charge on any atom is -0.287 e. The van der Waals surface area contributed by atoms with E-state index in [-0.39, 0.29) is 21.8 Å². The van der Waals surface area contributed by atoms with Gasteiger partial charge in [0.1, 0.15) is 0 Å². The van der Waals surface area contributed by atoms with Gasteiger partial charge in [-0.3, -0.25) is 4.99 Å². The number of aliphatic imine (C=N–C) groups is 1. The summed E-state index contributed by atoms with van der Waals surface area (Å²) in [5, 5.41) is 0. The van der Waals surface area contributed by atoms with Crippen LogP contribution in [0, 0.1) is 16.2 Å². The molecule has 0 fully saturated rings. The summed E-state index contributed by atoms with van der Waals surface area (Å²) in [6.07, 6.45) is 24.0. The second-order valence-electron chi connectivity index (χ2n) is 9.40. The molecule has 2 unspecified atom stereocenters. The summed E-state index contributed by atoms with van der Waals surface area (Å²) < 4.78 is 0. The minimum absolute atomic E-state index is 0.0255. The van der Waals surface area contributed by atoms with Crippen LogP contribution in [-0.4, -0.2) is 11.8 Å². The quantitative estimate of drug-likeness (QED) is 0.361. The highest BCUT2D eigenvalue weighted by Crippen LogP contribution is 2.37. The van der Waals surface area contributed by atoms with E-state index in [4.69, 9.17) is 0 Å². The molecule has 0 saturated carbocycles. The molecule has 138 valence electrons. The molecule has 0 bridgehead atoms. The Kier molecular flexibility index (Phi) is 6.99. The van der Waals surface area contributed by atoms with Gasteiger partial charge in [0.2, 0.25) is 0 Å². The van der Waals surface area contributed by atoms with Crippen LogP contribution < -0.4 is 0 Å². The fourth-order valence-electron chi connectivity index (χ4n) is 2.58. The molecular formula is C24H37N. The van der Waals surface area contributed by atoms with Crippen LogP contribution in [0.25, 0.3) is 0 Å². The van der Waals surface area contributed by atoms with Crippen molar-refractivity contribution in [3.8, 4) is 0 Å². The third kappa shape index (κ3) is 8.34. The highest BCUT2D eigenvalue weighted by molar-refractivity contribution is 5.71. The van der Waals surface area contributed by atoms with E-state index >= 15 is 0 Å². The van der Waals surface area contributed by atoms with Gasteiger partial charge < -0.3 is 0 Å². The molecule has 0 aromatic carbocycles. The Hall–Kier alpha value is -1.63. The summed E-state index contributed by atoms with van der Waals surface area (Å²) in [5.41, 5.74) is 0.121. The van der Waals surface area contributed by atoms with Crippen LogP contribution in [0.2, 0.25) is 0 Å². The molecule has 1 heteroatoms. The van der Waals surface area contributed by atoms with Crippen molar-refractivity contribution in [2.75, 3.05) is 0 Å². The monoisotopic (exact) mass is 339 g/mol. The van der Waals surface area contributed by atoms with Crippen LogP contribution in [0.3, 0.4) is 0 Å². The molecule has 0 heterocycles. The second kappa shape index (κ2) is 8.17. The van der Waals surface area contributed by atoms with Gasteiger partial charge >= 0.3 is 0 Å². The second-order valence-corrected chi connectivity index (χ2v) is 9.40. The zero-order chi connectivity index (χ0) is 19.2. The van der Waals surface area contributed by atoms with Gasteiger partial charge in [0.15, 0.2) is 0 Å². The van der Waals surface area contributed by atoms with Crippen molar-refractivity contribution in [1.29, 1.82) is 0 Å². The molecule has 1 nitrogen and oxygen atoms in total. The molecule has 0 N–H and O–H groups in total. The van der Waals surface area contributed by atoms with Crippen LogP contribution in [0.15, 0.2) is 66.3 Å². The maximum absolute atomic E-state index is 4.52. The first-order valence-electron chi connectivity index (χ1n) is 9.33. The minimum atomic E-state index is -0.0306. The number of rotatable bonds is 6. The molecule has 25 heavy (non-hydrogen) atoms. The lowest BCUT2D eigenvalue weighted by atomic mass is 9.74. The molecule has 0 aromatic rings. The predicted octanol–water partition coefficient (Wildman–Crippen LogP) is 7.10. The first kappa shape index (κ1) is 21.4. The van der Waals surface area contributed by atoms with Crippen molar-refractivity contribution in [2.45, 2.75) is 66.8 Å². The van der Waals surface area contributed by atoms with Crippen LogP contribution >= 0.6 is 0 Å². The Morgan fingerprint density at radius 1 is 0.960 bits per heavy atom. The molecule has 0 aliphatic heterocycles. The zero-order valence-electron chi connectivity index (χ0n) is 17.3. The average Bonchev–Trinajstić information content (AvgIpc) is 2.51. The molecule has 0 amide bonds. The third-order valence-electron chi connectivity index (χ3n) is 4.70. The van der Waals surface area contributed by atoms with Crippen molar-refractivity contribution in [3.63, 3.8) is 0 Å². The number of allylic oxidation sites excluding steroid dienone is 9. The van der Waals surface area contributed by atoms with E-state index in [0.29, 0.717) is 0 Å². The van der Waals surface area contributed by atoms with Crippen molar-refractivity contribution < 1.29 is 0 Å². The Morgan fingerprint density at radius 3 is 2.20 bits per heavy atom. The Morgan fingerprint density at radius 2 is 1.60 bits per heavy atom. The summed E-state index contributed by atoms with van der Waals surface area (Å²) in [7, 11) is 0.